The molecule has 2 rings (SSSR count). The lowest BCUT2D eigenvalue weighted by atomic mass is 9.86. The van der Waals surface area contributed by atoms with Gasteiger partial charge < -0.3 is 15.0 Å². The lowest BCUT2D eigenvalue weighted by Gasteiger charge is -2.29. The lowest BCUT2D eigenvalue weighted by molar-refractivity contribution is -0.142. The van der Waals surface area contributed by atoms with Crippen LogP contribution in [-0.4, -0.2) is 35.9 Å². The van der Waals surface area contributed by atoms with E-state index < -0.39 is 6.04 Å². The summed E-state index contributed by atoms with van der Waals surface area (Å²) in [5, 5.41) is 3.71. The van der Waals surface area contributed by atoms with Crippen molar-refractivity contribution in [3.05, 3.63) is 63.6 Å². The molecule has 2 amide bonds. The Balaban J connectivity index is 2.25. The van der Waals surface area contributed by atoms with Crippen LogP contribution in [0, 0.1) is 0 Å². The van der Waals surface area contributed by atoms with Crippen molar-refractivity contribution in [1.29, 1.82) is 0 Å². The maximum atomic E-state index is 13.2. The normalized spacial score (nSPS) is 12.2. The van der Waals surface area contributed by atoms with Crippen LogP contribution in [0.4, 0.5) is 0 Å². The van der Waals surface area contributed by atoms with Crippen LogP contribution in [-0.2, 0) is 21.5 Å². The summed E-state index contributed by atoms with van der Waals surface area (Å²) in [6.07, 6.45) is 0. The zero-order valence-electron chi connectivity index (χ0n) is 18.7. The number of para-hydroxylation sites is 1. The molecule has 0 heterocycles. The average Bonchev–Trinajstić information content (AvgIpc) is 2.70. The second-order valence-electron chi connectivity index (χ2n) is 8.36. The van der Waals surface area contributed by atoms with Crippen LogP contribution in [0.25, 0.3) is 0 Å². The van der Waals surface area contributed by atoms with E-state index in [0.717, 1.165) is 5.56 Å². The third kappa shape index (κ3) is 6.88. The SMILES string of the molecule is CCNC(=O)[C@H](C)N(Cc1ccc(Cl)cc1Cl)C(=O)COc1ccccc1C(C)(C)C. The Morgan fingerprint density at radius 2 is 1.81 bits per heavy atom. The molecule has 0 aliphatic heterocycles. The highest BCUT2D eigenvalue weighted by atomic mass is 35.5. The molecule has 0 saturated carbocycles. The molecular formula is C24H30Cl2N2O3. The number of amides is 2. The minimum atomic E-state index is -0.694. The summed E-state index contributed by atoms with van der Waals surface area (Å²) < 4.78 is 5.91. The number of carbonyl (C=O) groups is 2. The molecule has 0 aliphatic carbocycles. The molecule has 1 N–H and O–H groups in total. The average molecular weight is 465 g/mol. The maximum absolute atomic E-state index is 13.2. The molecule has 168 valence electrons. The smallest absolute Gasteiger partial charge is 0.261 e. The number of nitrogens with zero attached hydrogens (tertiary/aromatic N) is 1. The van der Waals surface area contributed by atoms with E-state index >= 15 is 0 Å². The molecule has 1 atom stereocenters. The summed E-state index contributed by atoms with van der Waals surface area (Å²) in [5.74, 6) is 0.1000. The summed E-state index contributed by atoms with van der Waals surface area (Å²) in [4.78, 5) is 27.1. The molecule has 0 saturated heterocycles. The van der Waals surface area contributed by atoms with E-state index in [1.807, 2.05) is 31.2 Å². The summed E-state index contributed by atoms with van der Waals surface area (Å²) in [6.45, 7) is 10.2. The number of hydrogen-bond acceptors (Lipinski definition) is 3. The zero-order valence-corrected chi connectivity index (χ0v) is 20.2. The summed E-state index contributed by atoms with van der Waals surface area (Å²) in [5.41, 5.74) is 1.57. The first kappa shape index (κ1) is 25.0. The van der Waals surface area contributed by atoms with Crippen molar-refractivity contribution in [2.45, 2.75) is 52.6 Å². The van der Waals surface area contributed by atoms with Crippen molar-refractivity contribution in [3.8, 4) is 5.75 Å². The van der Waals surface area contributed by atoms with Gasteiger partial charge in [0.1, 0.15) is 11.8 Å². The van der Waals surface area contributed by atoms with Gasteiger partial charge in [-0.15, -0.1) is 0 Å². The molecule has 0 aromatic heterocycles. The van der Waals surface area contributed by atoms with Crippen molar-refractivity contribution in [3.63, 3.8) is 0 Å². The van der Waals surface area contributed by atoms with Gasteiger partial charge in [-0.3, -0.25) is 9.59 Å². The van der Waals surface area contributed by atoms with Gasteiger partial charge in [0.05, 0.1) is 0 Å². The van der Waals surface area contributed by atoms with Crippen LogP contribution >= 0.6 is 23.2 Å². The highest BCUT2D eigenvalue weighted by Gasteiger charge is 2.27. The molecule has 2 aromatic rings. The molecule has 7 heteroatoms. The van der Waals surface area contributed by atoms with Gasteiger partial charge in [0.25, 0.3) is 5.91 Å². The summed E-state index contributed by atoms with van der Waals surface area (Å²) in [7, 11) is 0. The number of nitrogens with one attached hydrogen (secondary N) is 1. The molecule has 0 unspecified atom stereocenters. The predicted molar refractivity (Wildman–Crippen MR) is 126 cm³/mol. The third-order valence-corrected chi connectivity index (χ3v) is 5.51. The van der Waals surface area contributed by atoms with Gasteiger partial charge in [-0.1, -0.05) is 68.2 Å². The van der Waals surface area contributed by atoms with Crippen LogP contribution in [0.15, 0.2) is 42.5 Å². The van der Waals surface area contributed by atoms with E-state index in [4.69, 9.17) is 27.9 Å². The highest BCUT2D eigenvalue weighted by molar-refractivity contribution is 6.35. The number of carbonyl (C=O) groups excluding carboxylic acids is 2. The number of halogens is 2. The van der Waals surface area contributed by atoms with Crippen molar-refractivity contribution in [2.24, 2.45) is 0 Å². The molecule has 2 aromatic carbocycles. The van der Waals surface area contributed by atoms with Gasteiger partial charge in [0.2, 0.25) is 5.91 Å². The number of ether oxygens (including phenoxy) is 1. The Morgan fingerprint density at radius 3 is 2.42 bits per heavy atom. The topological polar surface area (TPSA) is 58.6 Å². The van der Waals surface area contributed by atoms with Crippen LogP contribution in [0.3, 0.4) is 0 Å². The summed E-state index contributed by atoms with van der Waals surface area (Å²) >= 11 is 12.3. The zero-order chi connectivity index (χ0) is 23.2. The Labute approximate surface area is 194 Å². The van der Waals surface area contributed by atoms with Crippen LogP contribution < -0.4 is 10.1 Å². The van der Waals surface area contributed by atoms with Gasteiger partial charge in [0.15, 0.2) is 6.61 Å². The second-order valence-corrected chi connectivity index (χ2v) is 9.21. The first-order valence-electron chi connectivity index (χ1n) is 10.3. The monoisotopic (exact) mass is 464 g/mol. The molecule has 5 nitrogen and oxygen atoms in total. The van der Waals surface area contributed by atoms with Crippen molar-refractivity contribution >= 4 is 35.0 Å². The molecule has 0 radical (unpaired) electrons. The highest BCUT2D eigenvalue weighted by Crippen LogP contribution is 2.31. The van der Waals surface area contributed by atoms with Gasteiger partial charge in [-0.2, -0.15) is 0 Å². The van der Waals surface area contributed by atoms with Gasteiger partial charge in [0, 0.05) is 23.1 Å². The molecule has 0 bridgehead atoms. The second kappa shape index (κ2) is 10.9. The van der Waals surface area contributed by atoms with Crippen molar-refractivity contribution < 1.29 is 14.3 Å². The largest absolute Gasteiger partial charge is 0.483 e. The maximum Gasteiger partial charge on any atom is 0.261 e. The third-order valence-electron chi connectivity index (χ3n) is 4.92. The Bertz CT molecular complexity index is 925. The van der Waals surface area contributed by atoms with E-state index in [-0.39, 0.29) is 30.4 Å². The number of hydrogen-bond donors (Lipinski definition) is 1. The molecule has 0 fully saturated rings. The van der Waals surface area contributed by atoms with E-state index in [0.29, 0.717) is 27.9 Å². The fourth-order valence-electron chi connectivity index (χ4n) is 3.17. The Hall–Kier alpha value is -2.24. The number of likely N-dealkylation sites (N-methyl/N-ethyl adjacent to an activating group) is 1. The van der Waals surface area contributed by atoms with Crippen molar-refractivity contribution in [1.82, 2.24) is 10.2 Å². The summed E-state index contributed by atoms with van der Waals surface area (Å²) in [6, 6.07) is 12.0. The molecular weight excluding hydrogens is 435 g/mol. The van der Waals surface area contributed by atoms with E-state index in [1.165, 1.54) is 4.90 Å². The standard InChI is InChI=1S/C24H30Cl2N2O3/c1-6-27-23(30)16(2)28(14-17-11-12-18(25)13-20(17)26)22(29)15-31-21-10-8-7-9-19(21)24(3,4)5/h7-13,16H,6,14-15H2,1-5H3,(H,27,30)/t16-/m0/s1. The number of benzene rings is 2. The predicted octanol–water partition coefficient (Wildman–Crippen LogP) is 5.22. The van der Waals surface area contributed by atoms with E-state index in [9.17, 15) is 9.59 Å². The van der Waals surface area contributed by atoms with Crippen LogP contribution in [0.1, 0.15) is 45.7 Å². The van der Waals surface area contributed by atoms with Gasteiger partial charge >= 0.3 is 0 Å². The van der Waals surface area contributed by atoms with Crippen LogP contribution in [0.5, 0.6) is 5.75 Å². The molecule has 31 heavy (non-hydrogen) atoms. The van der Waals surface area contributed by atoms with Gasteiger partial charge in [-0.25, -0.2) is 0 Å². The van der Waals surface area contributed by atoms with Crippen molar-refractivity contribution in [2.75, 3.05) is 13.2 Å². The van der Waals surface area contributed by atoms with Gasteiger partial charge in [-0.05, 0) is 48.6 Å². The first-order chi connectivity index (χ1) is 14.5. The molecule has 0 aliphatic rings. The number of rotatable bonds is 8. The molecule has 0 spiro atoms. The Morgan fingerprint density at radius 1 is 1.13 bits per heavy atom. The fraction of sp³-hybridized carbons (Fsp3) is 0.417. The van der Waals surface area contributed by atoms with E-state index in [1.54, 1.807) is 25.1 Å². The fourth-order valence-corrected chi connectivity index (χ4v) is 3.64. The van der Waals surface area contributed by atoms with Crippen LogP contribution in [0.2, 0.25) is 10.0 Å². The van der Waals surface area contributed by atoms with E-state index in [2.05, 4.69) is 26.1 Å². The lowest BCUT2D eigenvalue weighted by Crippen LogP contribution is -2.49. The quantitative estimate of drug-likeness (QED) is 0.582. The first-order valence-corrected chi connectivity index (χ1v) is 11.0. The Kier molecular flexibility index (Phi) is 8.78. The minimum absolute atomic E-state index is 0.134. The minimum Gasteiger partial charge on any atom is -0.483 e.